The molecule has 0 saturated carbocycles. The van der Waals surface area contributed by atoms with Crippen LogP contribution in [-0.4, -0.2) is 25.8 Å². The number of nitrogens with one attached hydrogen (secondary N) is 1. The van der Waals surface area contributed by atoms with Crippen molar-refractivity contribution in [3.63, 3.8) is 0 Å². The highest BCUT2D eigenvalue weighted by Gasteiger charge is 2.17. The number of rotatable bonds is 5. The third-order valence-electron chi connectivity index (χ3n) is 4.21. The Morgan fingerprint density at radius 1 is 1.18 bits per heavy atom. The average molecular weight is 393 g/mol. The lowest BCUT2D eigenvalue weighted by molar-refractivity contribution is 0.101. The van der Waals surface area contributed by atoms with E-state index in [4.69, 9.17) is 4.52 Å². The number of hydrogen-bond donors (Lipinski definition) is 1. The molecular formula is C20H19N5O2S. The SMILES string of the molecule is Cc1ccc(-c2nc(NC(=O)c3cc(Cn4cc(C)cn4)on3)sc2C)cc1. The molecule has 1 aromatic carbocycles. The summed E-state index contributed by atoms with van der Waals surface area (Å²) >= 11 is 1.43. The standard InChI is InChI=1S/C20H19N5O2S/c1-12-4-6-15(7-5-12)18-14(3)28-20(22-18)23-19(26)17-8-16(27-24-17)11-25-10-13(2)9-21-25/h4-10H,11H2,1-3H3,(H,22,23,26). The highest BCUT2D eigenvalue weighted by molar-refractivity contribution is 7.16. The first-order valence-electron chi connectivity index (χ1n) is 8.78. The molecule has 0 radical (unpaired) electrons. The Bertz CT molecular complexity index is 1120. The van der Waals surface area contributed by atoms with Gasteiger partial charge in [-0.1, -0.05) is 35.0 Å². The molecule has 4 aromatic rings. The molecule has 4 rings (SSSR count). The summed E-state index contributed by atoms with van der Waals surface area (Å²) in [6.07, 6.45) is 3.66. The van der Waals surface area contributed by atoms with Gasteiger partial charge >= 0.3 is 0 Å². The Morgan fingerprint density at radius 3 is 2.68 bits per heavy atom. The molecule has 142 valence electrons. The third kappa shape index (κ3) is 3.86. The molecule has 3 aromatic heterocycles. The maximum atomic E-state index is 12.5. The fraction of sp³-hybridized carbons (Fsp3) is 0.200. The summed E-state index contributed by atoms with van der Waals surface area (Å²) in [5, 5.41) is 11.4. The van der Waals surface area contributed by atoms with Gasteiger partial charge in [0.1, 0.15) is 6.54 Å². The molecule has 0 saturated heterocycles. The van der Waals surface area contributed by atoms with Crippen LogP contribution in [0, 0.1) is 20.8 Å². The summed E-state index contributed by atoms with van der Waals surface area (Å²) in [5.74, 6) is 0.208. The number of aryl methyl sites for hydroxylation is 3. The van der Waals surface area contributed by atoms with Crippen molar-refractivity contribution in [1.29, 1.82) is 0 Å². The predicted molar refractivity (Wildman–Crippen MR) is 108 cm³/mol. The van der Waals surface area contributed by atoms with Gasteiger partial charge in [-0.2, -0.15) is 5.10 Å². The third-order valence-corrected chi connectivity index (χ3v) is 5.10. The molecule has 0 bridgehead atoms. The molecule has 1 N–H and O–H groups in total. The molecule has 0 aliphatic carbocycles. The number of nitrogens with zero attached hydrogens (tertiary/aromatic N) is 4. The first kappa shape index (κ1) is 18.1. The lowest BCUT2D eigenvalue weighted by Gasteiger charge is -1.99. The van der Waals surface area contributed by atoms with Crippen LogP contribution in [0.4, 0.5) is 5.13 Å². The van der Waals surface area contributed by atoms with Crippen LogP contribution in [-0.2, 0) is 6.54 Å². The first-order valence-corrected chi connectivity index (χ1v) is 9.60. The van der Waals surface area contributed by atoms with Gasteiger partial charge in [-0.25, -0.2) is 4.98 Å². The number of carbonyl (C=O) groups excluding carboxylic acids is 1. The second-order valence-electron chi connectivity index (χ2n) is 6.64. The van der Waals surface area contributed by atoms with E-state index >= 15 is 0 Å². The van der Waals surface area contributed by atoms with Crippen LogP contribution in [0.1, 0.15) is 32.3 Å². The minimum atomic E-state index is -0.351. The monoisotopic (exact) mass is 393 g/mol. The normalized spacial score (nSPS) is 11.0. The Labute approximate surface area is 166 Å². The van der Waals surface area contributed by atoms with Gasteiger partial charge in [0, 0.05) is 22.7 Å². The lowest BCUT2D eigenvalue weighted by atomic mass is 10.1. The second-order valence-corrected chi connectivity index (χ2v) is 7.84. The summed E-state index contributed by atoms with van der Waals surface area (Å²) < 4.78 is 6.99. The zero-order valence-corrected chi connectivity index (χ0v) is 16.6. The van der Waals surface area contributed by atoms with Gasteiger partial charge in [-0.05, 0) is 26.3 Å². The topological polar surface area (TPSA) is 85.8 Å². The van der Waals surface area contributed by atoms with E-state index in [1.165, 1.54) is 16.9 Å². The van der Waals surface area contributed by atoms with E-state index in [1.807, 2.05) is 51.2 Å². The van der Waals surface area contributed by atoms with E-state index in [0.717, 1.165) is 21.7 Å². The number of amides is 1. The molecule has 0 unspecified atom stereocenters. The molecule has 0 aliphatic rings. The number of aromatic nitrogens is 4. The predicted octanol–water partition coefficient (Wildman–Crippen LogP) is 4.22. The molecule has 1 amide bonds. The van der Waals surface area contributed by atoms with E-state index in [1.54, 1.807) is 16.9 Å². The summed E-state index contributed by atoms with van der Waals surface area (Å²) in [6.45, 7) is 6.41. The fourth-order valence-corrected chi connectivity index (χ4v) is 3.63. The molecular weight excluding hydrogens is 374 g/mol. The summed E-state index contributed by atoms with van der Waals surface area (Å²) in [6, 6.07) is 9.77. The smallest absolute Gasteiger partial charge is 0.279 e. The van der Waals surface area contributed by atoms with Crippen LogP contribution < -0.4 is 5.32 Å². The number of hydrogen-bond acceptors (Lipinski definition) is 6. The first-order chi connectivity index (χ1) is 13.5. The van der Waals surface area contributed by atoms with E-state index < -0.39 is 0 Å². The molecule has 0 spiro atoms. The van der Waals surface area contributed by atoms with Gasteiger partial charge in [-0.15, -0.1) is 11.3 Å². The second kappa shape index (κ2) is 7.40. The highest BCUT2D eigenvalue weighted by Crippen LogP contribution is 2.30. The number of thiazole rings is 1. The minimum Gasteiger partial charge on any atom is -0.359 e. The zero-order chi connectivity index (χ0) is 19.7. The van der Waals surface area contributed by atoms with Crippen LogP contribution in [0.15, 0.2) is 47.2 Å². The maximum Gasteiger partial charge on any atom is 0.279 e. The molecule has 3 heterocycles. The van der Waals surface area contributed by atoms with Crippen LogP contribution in [0.25, 0.3) is 11.3 Å². The van der Waals surface area contributed by atoms with Crippen LogP contribution in [0.2, 0.25) is 0 Å². The highest BCUT2D eigenvalue weighted by atomic mass is 32.1. The van der Waals surface area contributed by atoms with Crippen molar-refractivity contribution in [2.75, 3.05) is 5.32 Å². The van der Waals surface area contributed by atoms with Gasteiger partial charge in [0.05, 0.1) is 11.9 Å². The Hall–Kier alpha value is -3.26. The van der Waals surface area contributed by atoms with Gasteiger partial charge in [0.25, 0.3) is 5.91 Å². The molecule has 0 fully saturated rings. The van der Waals surface area contributed by atoms with Crippen molar-refractivity contribution in [2.24, 2.45) is 0 Å². The van der Waals surface area contributed by atoms with Crippen molar-refractivity contribution in [2.45, 2.75) is 27.3 Å². The Balaban J connectivity index is 1.47. The Morgan fingerprint density at radius 2 is 1.96 bits per heavy atom. The van der Waals surface area contributed by atoms with E-state index in [0.29, 0.717) is 17.4 Å². The Kier molecular flexibility index (Phi) is 4.79. The van der Waals surface area contributed by atoms with E-state index in [2.05, 4.69) is 20.6 Å². The van der Waals surface area contributed by atoms with Gasteiger partial charge in [0.15, 0.2) is 16.6 Å². The number of carbonyl (C=O) groups is 1. The summed E-state index contributed by atoms with van der Waals surface area (Å²) in [7, 11) is 0. The van der Waals surface area contributed by atoms with Gasteiger partial charge in [-0.3, -0.25) is 14.8 Å². The number of benzene rings is 1. The van der Waals surface area contributed by atoms with Crippen molar-refractivity contribution in [3.05, 3.63) is 70.2 Å². The summed E-state index contributed by atoms with van der Waals surface area (Å²) in [5.41, 5.74) is 4.36. The van der Waals surface area contributed by atoms with Crippen molar-refractivity contribution in [1.82, 2.24) is 19.9 Å². The van der Waals surface area contributed by atoms with Crippen LogP contribution in [0.5, 0.6) is 0 Å². The maximum absolute atomic E-state index is 12.5. The van der Waals surface area contributed by atoms with E-state index in [9.17, 15) is 4.79 Å². The average Bonchev–Trinajstić information content (AvgIpc) is 3.37. The molecule has 0 aliphatic heterocycles. The van der Waals surface area contributed by atoms with Crippen molar-refractivity contribution < 1.29 is 9.32 Å². The van der Waals surface area contributed by atoms with Crippen LogP contribution in [0.3, 0.4) is 0 Å². The summed E-state index contributed by atoms with van der Waals surface area (Å²) in [4.78, 5) is 18.1. The van der Waals surface area contributed by atoms with Crippen molar-refractivity contribution >= 4 is 22.4 Å². The van der Waals surface area contributed by atoms with E-state index in [-0.39, 0.29) is 11.6 Å². The largest absolute Gasteiger partial charge is 0.359 e. The fourth-order valence-electron chi connectivity index (χ4n) is 2.80. The van der Waals surface area contributed by atoms with Crippen LogP contribution >= 0.6 is 11.3 Å². The molecule has 8 heteroatoms. The minimum absolute atomic E-state index is 0.212. The quantitative estimate of drug-likeness (QED) is 0.549. The number of anilines is 1. The zero-order valence-electron chi connectivity index (χ0n) is 15.8. The van der Waals surface area contributed by atoms with Gasteiger partial charge in [0.2, 0.25) is 0 Å². The molecule has 7 nitrogen and oxygen atoms in total. The lowest BCUT2D eigenvalue weighted by Crippen LogP contribution is -2.12. The van der Waals surface area contributed by atoms with Crippen molar-refractivity contribution in [3.8, 4) is 11.3 Å². The molecule has 28 heavy (non-hydrogen) atoms. The van der Waals surface area contributed by atoms with Gasteiger partial charge < -0.3 is 4.52 Å². The molecule has 0 atom stereocenters.